The van der Waals surface area contributed by atoms with Crippen molar-refractivity contribution < 1.29 is 14.0 Å². The van der Waals surface area contributed by atoms with E-state index in [0.29, 0.717) is 22.7 Å². The molecule has 0 spiro atoms. The highest BCUT2D eigenvalue weighted by molar-refractivity contribution is 7.12. The lowest BCUT2D eigenvalue weighted by Gasteiger charge is -2.29. The molecular weight excluding hydrogens is 413 g/mol. The summed E-state index contributed by atoms with van der Waals surface area (Å²) in [5.41, 5.74) is 2.95. The predicted octanol–water partition coefficient (Wildman–Crippen LogP) is 5.26. The highest BCUT2D eigenvalue weighted by Crippen LogP contribution is 2.26. The number of nitrogens with zero attached hydrogens (tertiary/aromatic N) is 2. The Balaban J connectivity index is 1.89. The summed E-state index contributed by atoms with van der Waals surface area (Å²) in [5, 5.41) is 4.79. The molecule has 0 bridgehead atoms. The number of anilines is 2. The fourth-order valence-corrected chi connectivity index (χ4v) is 3.88. The zero-order valence-electron chi connectivity index (χ0n) is 18.1. The van der Waals surface area contributed by atoms with Crippen LogP contribution in [0.1, 0.15) is 39.4 Å². The van der Waals surface area contributed by atoms with Crippen LogP contribution in [0.15, 0.2) is 60.0 Å². The van der Waals surface area contributed by atoms with Crippen molar-refractivity contribution in [1.29, 1.82) is 0 Å². The van der Waals surface area contributed by atoms with Gasteiger partial charge in [0.1, 0.15) is 5.82 Å². The molecule has 1 N–H and O–H groups in total. The van der Waals surface area contributed by atoms with Crippen molar-refractivity contribution in [3.8, 4) is 0 Å². The quantitative estimate of drug-likeness (QED) is 0.547. The van der Waals surface area contributed by atoms with Gasteiger partial charge in [0.15, 0.2) is 0 Å². The molecule has 0 aliphatic heterocycles. The first-order valence-corrected chi connectivity index (χ1v) is 10.9. The molecule has 31 heavy (non-hydrogen) atoms. The molecule has 0 radical (unpaired) electrons. The van der Waals surface area contributed by atoms with Crippen LogP contribution >= 0.6 is 11.3 Å². The molecule has 162 valence electrons. The van der Waals surface area contributed by atoms with Gasteiger partial charge in [0.25, 0.3) is 11.8 Å². The van der Waals surface area contributed by atoms with Gasteiger partial charge in [0.05, 0.1) is 4.88 Å². The maximum Gasteiger partial charge on any atom is 0.265 e. The van der Waals surface area contributed by atoms with E-state index in [4.69, 9.17) is 0 Å². The van der Waals surface area contributed by atoms with Crippen molar-refractivity contribution in [2.45, 2.75) is 26.4 Å². The Hall–Kier alpha value is -3.19. The number of hydrogen-bond donors (Lipinski definition) is 1. The Morgan fingerprint density at radius 3 is 2.35 bits per heavy atom. The molecule has 0 aliphatic carbocycles. The van der Waals surface area contributed by atoms with E-state index in [-0.39, 0.29) is 23.7 Å². The molecule has 0 aliphatic rings. The molecular formula is C24H26FN3O2S. The second kappa shape index (κ2) is 9.75. The van der Waals surface area contributed by atoms with E-state index < -0.39 is 0 Å². The van der Waals surface area contributed by atoms with Crippen molar-refractivity contribution in [3.05, 3.63) is 81.8 Å². The van der Waals surface area contributed by atoms with Gasteiger partial charge in [-0.1, -0.05) is 6.07 Å². The lowest BCUT2D eigenvalue weighted by molar-refractivity contribution is 0.0690. The molecule has 0 unspecified atom stereocenters. The van der Waals surface area contributed by atoms with Crippen molar-refractivity contribution in [1.82, 2.24) is 4.90 Å². The summed E-state index contributed by atoms with van der Waals surface area (Å²) in [4.78, 5) is 29.9. The maximum atomic E-state index is 13.3. The number of halogens is 1. The molecule has 1 heterocycles. The number of thiophene rings is 1. The first-order chi connectivity index (χ1) is 14.8. The van der Waals surface area contributed by atoms with Crippen LogP contribution < -0.4 is 10.2 Å². The fourth-order valence-electron chi connectivity index (χ4n) is 3.26. The Bertz CT molecular complexity index is 1050. The predicted molar refractivity (Wildman–Crippen MR) is 124 cm³/mol. The summed E-state index contributed by atoms with van der Waals surface area (Å²) >= 11 is 1.38. The van der Waals surface area contributed by atoms with Gasteiger partial charge in [0.2, 0.25) is 0 Å². The topological polar surface area (TPSA) is 52.7 Å². The van der Waals surface area contributed by atoms with E-state index in [1.165, 1.54) is 35.6 Å². The van der Waals surface area contributed by atoms with Crippen molar-refractivity contribution in [2.75, 3.05) is 24.3 Å². The Labute approximate surface area is 186 Å². The van der Waals surface area contributed by atoms with Crippen LogP contribution in [-0.2, 0) is 6.54 Å². The number of carbonyl (C=O) groups excluding carboxylic acids is 2. The van der Waals surface area contributed by atoms with Crippen molar-refractivity contribution in [2.24, 2.45) is 0 Å². The first-order valence-electron chi connectivity index (χ1n) is 9.98. The van der Waals surface area contributed by atoms with E-state index in [2.05, 4.69) is 5.32 Å². The molecule has 1 aromatic heterocycles. The van der Waals surface area contributed by atoms with Crippen LogP contribution in [0.3, 0.4) is 0 Å². The first kappa shape index (κ1) is 22.5. The lowest BCUT2D eigenvalue weighted by atomic mass is 10.1. The summed E-state index contributed by atoms with van der Waals surface area (Å²) in [5.74, 6) is -0.717. The van der Waals surface area contributed by atoms with Crippen LogP contribution in [0.25, 0.3) is 0 Å². The third-order valence-corrected chi connectivity index (χ3v) is 5.75. The normalized spacial score (nSPS) is 10.8. The van der Waals surface area contributed by atoms with Gasteiger partial charge in [-0.3, -0.25) is 9.59 Å². The molecule has 3 rings (SSSR count). The third kappa shape index (κ3) is 5.49. The smallest absolute Gasteiger partial charge is 0.265 e. The van der Waals surface area contributed by atoms with Crippen molar-refractivity contribution >= 4 is 34.5 Å². The lowest BCUT2D eigenvalue weighted by Crippen LogP contribution is -2.36. The monoisotopic (exact) mass is 439 g/mol. The van der Waals surface area contributed by atoms with Gasteiger partial charge in [0, 0.05) is 43.6 Å². The van der Waals surface area contributed by atoms with Gasteiger partial charge >= 0.3 is 0 Å². The number of hydrogen-bond acceptors (Lipinski definition) is 4. The van der Waals surface area contributed by atoms with Gasteiger partial charge in [-0.05, 0) is 73.3 Å². The van der Waals surface area contributed by atoms with Crippen LogP contribution in [0.4, 0.5) is 15.8 Å². The number of rotatable bonds is 7. The van der Waals surface area contributed by atoms with Gasteiger partial charge in [-0.25, -0.2) is 4.39 Å². The van der Waals surface area contributed by atoms with Crippen LogP contribution in [0.2, 0.25) is 0 Å². The van der Waals surface area contributed by atoms with E-state index in [1.807, 2.05) is 62.5 Å². The zero-order chi connectivity index (χ0) is 22.5. The molecule has 0 saturated carbocycles. The zero-order valence-corrected chi connectivity index (χ0v) is 18.9. The average molecular weight is 440 g/mol. The molecule has 0 fully saturated rings. The van der Waals surface area contributed by atoms with Crippen LogP contribution in [0, 0.1) is 5.82 Å². The summed E-state index contributed by atoms with van der Waals surface area (Å²) in [7, 11) is 3.87. The minimum atomic E-state index is -0.378. The van der Waals surface area contributed by atoms with Gasteiger partial charge in [-0.2, -0.15) is 0 Å². The number of nitrogens with one attached hydrogen (secondary N) is 1. The molecule has 3 aromatic rings. The standard InChI is InChI=1S/C24H26FN3O2S/c1-16(2)28(24(30)17-7-9-19(25)10-8-17)15-18-14-20(11-12-21(18)27(3)4)26-23(29)22-6-5-13-31-22/h5-14,16H,15H2,1-4H3,(H,26,29). The number of benzene rings is 2. The van der Waals surface area contributed by atoms with E-state index in [1.54, 1.807) is 11.0 Å². The number of amides is 2. The Kier molecular flexibility index (Phi) is 7.07. The summed E-state index contributed by atoms with van der Waals surface area (Å²) in [6.07, 6.45) is 0. The van der Waals surface area contributed by atoms with E-state index in [9.17, 15) is 14.0 Å². The highest BCUT2D eigenvalue weighted by atomic mass is 32.1. The molecule has 5 nitrogen and oxygen atoms in total. The second-order valence-corrected chi connectivity index (χ2v) is 8.65. The summed E-state index contributed by atoms with van der Waals surface area (Å²) in [6.45, 7) is 4.24. The summed E-state index contributed by atoms with van der Waals surface area (Å²) < 4.78 is 13.3. The molecule has 0 saturated heterocycles. The molecule has 0 atom stereocenters. The highest BCUT2D eigenvalue weighted by Gasteiger charge is 2.21. The third-order valence-electron chi connectivity index (χ3n) is 4.88. The molecule has 2 aromatic carbocycles. The Morgan fingerprint density at radius 1 is 1.06 bits per heavy atom. The average Bonchev–Trinajstić information content (AvgIpc) is 3.27. The molecule has 7 heteroatoms. The molecule has 2 amide bonds. The van der Waals surface area contributed by atoms with Crippen LogP contribution in [0.5, 0.6) is 0 Å². The largest absolute Gasteiger partial charge is 0.377 e. The second-order valence-electron chi connectivity index (χ2n) is 7.70. The summed E-state index contributed by atoms with van der Waals surface area (Å²) in [6, 6.07) is 14.8. The van der Waals surface area contributed by atoms with E-state index >= 15 is 0 Å². The van der Waals surface area contributed by atoms with Gasteiger partial charge < -0.3 is 15.1 Å². The van der Waals surface area contributed by atoms with E-state index in [0.717, 1.165) is 11.3 Å². The Morgan fingerprint density at radius 2 is 1.77 bits per heavy atom. The number of carbonyl (C=O) groups is 2. The van der Waals surface area contributed by atoms with Crippen molar-refractivity contribution in [3.63, 3.8) is 0 Å². The SMILES string of the molecule is CC(C)N(Cc1cc(NC(=O)c2cccs2)ccc1N(C)C)C(=O)c1ccc(F)cc1. The minimum absolute atomic E-state index is 0.0723. The minimum Gasteiger partial charge on any atom is -0.377 e. The maximum absolute atomic E-state index is 13.3. The fraction of sp³-hybridized carbons (Fsp3) is 0.250. The van der Waals surface area contributed by atoms with Gasteiger partial charge in [-0.15, -0.1) is 11.3 Å². The van der Waals surface area contributed by atoms with Crippen LogP contribution in [-0.4, -0.2) is 36.9 Å².